The Morgan fingerprint density at radius 2 is 1.89 bits per heavy atom. The summed E-state index contributed by atoms with van der Waals surface area (Å²) < 4.78 is 27.1. The van der Waals surface area contributed by atoms with E-state index >= 15 is 0 Å². The van der Waals surface area contributed by atoms with Crippen molar-refractivity contribution in [3.05, 3.63) is 28.8 Å². The number of nitrogens with two attached hydrogens (primary N) is 1. The van der Waals surface area contributed by atoms with Crippen molar-refractivity contribution in [3.8, 4) is 0 Å². The highest BCUT2D eigenvalue weighted by Crippen LogP contribution is 2.23. The van der Waals surface area contributed by atoms with Gasteiger partial charge in [-0.1, -0.05) is 31.5 Å². The van der Waals surface area contributed by atoms with E-state index in [0.717, 1.165) is 0 Å². The number of sulfonamides is 1. The van der Waals surface area contributed by atoms with E-state index < -0.39 is 15.6 Å². The summed E-state index contributed by atoms with van der Waals surface area (Å²) in [7, 11) is -3.58. The second kappa shape index (κ2) is 6.22. The summed E-state index contributed by atoms with van der Waals surface area (Å²) in [5.74, 6) is 0. The maximum Gasteiger partial charge on any atom is 0.240 e. The number of hydrogen-bond donors (Lipinski definition) is 2. The van der Waals surface area contributed by atoms with Gasteiger partial charge >= 0.3 is 0 Å². The van der Waals surface area contributed by atoms with E-state index in [1.165, 1.54) is 0 Å². The molecule has 1 rings (SSSR count). The predicted octanol–water partition coefficient (Wildman–Crippen LogP) is 2.44. The number of nitrogens with one attached hydrogen (secondary N) is 1. The summed E-state index contributed by atoms with van der Waals surface area (Å²) in [6.07, 6.45) is 1.42. The van der Waals surface area contributed by atoms with Gasteiger partial charge in [0.1, 0.15) is 0 Å². The van der Waals surface area contributed by atoms with Gasteiger partial charge in [0.2, 0.25) is 10.0 Å². The lowest BCUT2D eigenvalue weighted by Gasteiger charge is -2.26. The van der Waals surface area contributed by atoms with Crippen molar-refractivity contribution < 1.29 is 8.42 Å². The van der Waals surface area contributed by atoms with Gasteiger partial charge in [0.15, 0.2) is 0 Å². The molecular formula is C13H21ClN2O2S. The SMILES string of the molecule is CCC(N)(CC)CNS(=O)(=O)c1cccc(Cl)c1C. The molecule has 0 spiro atoms. The Morgan fingerprint density at radius 1 is 1.32 bits per heavy atom. The van der Waals surface area contributed by atoms with E-state index in [1.807, 2.05) is 13.8 Å². The molecule has 1 aromatic carbocycles. The maximum atomic E-state index is 12.3. The van der Waals surface area contributed by atoms with Crippen LogP contribution >= 0.6 is 11.6 Å². The van der Waals surface area contributed by atoms with Crippen LogP contribution in [0.1, 0.15) is 32.3 Å². The van der Waals surface area contributed by atoms with Gasteiger partial charge in [-0.25, -0.2) is 13.1 Å². The third-order valence-electron chi connectivity index (χ3n) is 3.53. The topological polar surface area (TPSA) is 72.2 Å². The molecule has 0 saturated carbocycles. The van der Waals surface area contributed by atoms with Crippen LogP contribution in [0.4, 0.5) is 0 Å². The molecule has 3 N–H and O–H groups in total. The summed E-state index contributed by atoms with van der Waals surface area (Å²) in [5.41, 5.74) is 6.13. The van der Waals surface area contributed by atoms with E-state index in [0.29, 0.717) is 23.4 Å². The molecule has 19 heavy (non-hydrogen) atoms. The van der Waals surface area contributed by atoms with Crippen LogP contribution in [-0.2, 0) is 10.0 Å². The minimum absolute atomic E-state index is 0.203. The first-order chi connectivity index (χ1) is 8.75. The highest BCUT2D eigenvalue weighted by Gasteiger charge is 2.25. The third-order valence-corrected chi connectivity index (χ3v) is 5.49. The van der Waals surface area contributed by atoms with E-state index in [4.69, 9.17) is 17.3 Å². The van der Waals surface area contributed by atoms with Gasteiger partial charge in [-0.05, 0) is 37.5 Å². The van der Waals surface area contributed by atoms with Crippen LogP contribution in [0.15, 0.2) is 23.1 Å². The van der Waals surface area contributed by atoms with Crippen LogP contribution in [0, 0.1) is 6.92 Å². The van der Waals surface area contributed by atoms with Crippen LogP contribution < -0.4 is 10.5 Å². The number of benzene rings is 1. The van der Waals surface area contributed by atoms with Crippen LogP contribution in [0.5, 0.6) is 0 Å². The van der Waals surface area contributed by atoms with Gasteiger partial charge < -0.3 is 5.73 Å². The lowest BCUT2D eigenvalue weighted by atomic mass is 9.95. The molecule has 6 heteroatoms. The van der Waals surface area contributed by atoms with Crippen LogP contribution in [0.3, 0.4) is 0 Å². The zero-order valence-electron chi connectivity index (χ0n) is 11.5. The van der Waals surface area contributed by atoms with Gasteiger partial charge in [0, 0.05) is 17.1 Å². The summed E-state index contributed by atoms with van der Waals surface area (Å²) >= 11 is 5.95. The molecule has 1 aromatic rings. The van der Waals surface area contributed by atoms with E-state index in [9.17, 15) is 8.42 Å². The quantitative estimate of drug-likeness (QED) is 0.848. The minimum atomic E-state index is -3.58. The first kappa shape index (κ1) is 16.4. The molecule has 0 saturated heterocycles. The molecular weight excluding hydrogens is 284 g/mol. The molecule has 0 radical (unpaired) electrons. The van der Waals surface area contributed by atoms with Crippen molar-refractivity contribution in [2.75, 3.05) is 6.54 Å². The molecule has 0 amide bonds. The largest absolute Gasteiger partial charge is 0.324 e. The fourth-order valence-corrected chi connectivity index (χ4v) is 3.33. The molecule has 4 nitrogen and oxygen atoms in total. The zero-order chi connectivity index (χ0) is 14.7. The molecule has 0 heterocycles. The lowest BCUT2D eigenvalue weighted by Crippen LogP contribution is -2.49. The van der Waals surface area contributed by atoms with E-state index in [1.54, 1.807) is 25.1 Å². The van der Waals surface area contributed by atoms with Crippen molar-refractivity contribution >= 4 is 21.6 Å². The molecule has 0 unspecified atom stereocenters. The molecule has 0 atom stereocenters. The molecule has 0 bridgehead atoms. The first-order valence-electron chi connectivity index (χ1n) is 6.29. The van der Waals surface area contributed by atoms with Crippen LogP contribution in [0.2, 0.25) is 5.02 Å². The Morgan fingerprint density at radius 3 is 2.42 bits per heavy atom. The third kappa shape index (κ3) is 3.92. The number of halogens is 1. The number of rotatable bonds is 6. The van der Waals surface area contributed by atoms with Gasteiger partial charge in [0.25, 0.3) is 0 Å². The second-order valence-electron chi connectivity index (χ2n) is 4.76. The minimum Gasteiger partial charge on any atom is -0.324 e. The zero-order valence-corrected chi connectivity index (χ0v) is 13.1. The second-order valence-corrected chi connectivity index (χ2v) is 6.90. The van der Waals surface area contributed by atoms with Crippen molar-refractivity contribution in [1.82, 2.24) is 4.72 Å². The normalized spacial score (nSPS) is 12.7. The molecule has 0 aliphatic rings. The highest BCUT2D eigenvalue weighted by atomic mass is 35.5. The fraction of sp³-hybridized carbons (Fsp3) is 0.538. The van der Waals surface area contributed by atoms with Gasteiger partial charge in [-0.3, -0.25) is 0 Å². The lowest BCUT2D eigenvalue weighted by molar-refractivity contribution is 0.391. The predicted molar refractivity (Wildman–Crippen MR) is 78.9 cm³/mol. The Hall–Kier alpha value is -0.620. The Bertz CT molecular complexity index is 540. The van der Waals surface area contributed by atoms with E-state index in [-0.39, 0.29) is 11.4 Å². The van der Waals surface area contributed by atoms with E-state index in [2.05, 4.69) is 4.72 Å². The molecule has 0 fully saturated rings. The van der Waals surface area contributed by atoms with Gasteiger partial charge in [-0.15, -0.1) is 0 Å². The Balaban J connectivity index is 2.97. The van der Waals surface area contributed by atoms with Crippen molar-refractivity contribution in [2.24, 2.45) is 5.73 Å². The van der Waals surface area contributed by atoms with Gasteiger partial charge in [-0.2, -0.15) is 0 Å². The molecule has 0 aliphatic carbocycles. The van der Waals surface area contributed by atoms with Crippen LogP contribution in [-0.4, -0.2) is 20.5 Å². The average Bonchev–Trinajstić information content (AvgIpc) is 2.39. The van der Waals surface area contributed by atoms with Crippen molar-refractivity contribution in [1.29, 1.82) is 0 Å². The maximum absolute atomic E-state index is 12.3. The van der Waals surface area contributed by atoms with Crippen molar-refractivity contribution in [2.45, 2.75) is 44.0 Å². The monoisotopic (exact) mass is 304 g/mol. The van der Waals surface area contributed by atoms with Crippen LogP contribution in [0.25, 0.3) is 0 Å². The molecule has 108 valence electrons. The molecule has 0 aliphatic heterocycles. The average molecular weight is 305 g/mol. The molecule has 0 aromatic heterocycles. The first-order valence-corrected chi connectivity index (χ1v) is 8.15. The standard InChI is InChI=1S/C13H21ClN2O2S/c1-4-13(15,5-2)9-16-19(17,18)12-8-6-7-11(14)10(12)3/h6-8,16H,4-5,9,15H2,1-3H3. The Labute approximate surface area is 120 Å². The summed E-state index contributed by atoms with van der Waals surface area (Å²) in [6, 6.07) is 4.83. The smallest absolute Gasteiger partial charge is 0.240 e. The Kier molecular flexibility index (Phi) is 5.38. The summed E-state index contributed by atoms with van der Waals surface area (Å²) in [4.78, 5) is 0.203. The fourth-order valence-electron chi connectivity index (χ4n) is 1.70. The highest BCUT2D eigenvalue weighted by molar-refractivity contribution is 7.89. The summed E-state index contributed by atoms with van der Waals surface area (Å²) in [6.45, 7) is 5.80. The van der Waals surface area contributed by atoms with Gasteiger partial charge in [0.05, 0.1) is 4.90 Å². The summed E-state index contributed by atoms with van der Waals surface area (Å²) in [5, 5.41) is 0.438. The number of hydrogen-bond acceptors (Lipinski definition) is 3. The van der Waals surface area contributed by atoms with Crippen molar-refractivity contribution in [3.63, 3.8) is 0 Å².